The molecular weight excluding hydrogens is 286 g/mol. The molecule has 1 aromatic heterocycles. The van der Waals surface area contributed by atoms with E-state index in [1.165, 1.54) is 6.92 Å². The normalized spacial score (nSPS) is 19.5. The number of rotatable bonds is 2. The van der Waals surface area contributed by atoms with Gasteiger partial charge in [-0.1, -0.05) is 0 Å². The number of phenolic OH excluding ortho intramolecular Hbond substituents is 2. The fourth-order valence-electron chi connectivity index (χ4n) is 3.27. The molecule has 2 aliphatic rings. The van der Waals surface area contributed by atoms with Crippen molar-refractivity contribution in [3.05, 3.63) is 11.4 Å². The van der Waals surface area contributed by atoms with Crippen molar-refractivity contribution in [2.75, 3.05) is 18.0 Å². The Balaban J connectivity index is 1.94. The van der Waals surface area contributed by atoms with Gasteiger partial charge in [-0.05, 0) is 6.92 Å². The minimum absolute atomic E-state index is 0.0891. The second-order valence-corrected chi connectivity index (χ2v) is 5.86. The van der Waals surface area contributed by atoms with Gasteiger partial charge in [-0.3, -0.25) is 4.79 Å². The molecule has 2 N–H and O–H groups in total. The largest absolute Gasteiger partial charge is 0.505 e. The molecule has 0 bridgehead atoms. The lowest BCUT2D eigenvalue weighted by Crippen LogP contribution is -2.06. The van der Waals surface area contributed by atoms with Crippen molar-refractivity contribution in [3.8, 4) is 11.5 Å². The van der Waals surface area contributed by atoms with Crippen molar-refractivity contribution in [1.29, 1.82) is 0 Å². The molecule has 0 amide bonds. The molecule has 4 rings (SSSR count). The molecule has 7 heteroatoms. The van der Waals surface area contributed by atoms with E-state index in [1.54, 1.807) is 6.92 Å². The molecule has 1 aromatic carbocycles. The number of anilines is 1. The maximum absolute atomic E-state index is 11.2. The van der Waals surface area contributed by atoms with Crippen LogP contribution in [0.25, 0.3) is 11.0 Å². The third-order valence-corrected chi connectivity index (χ3v) is 4.35. The Labute approximate surface area is 126 Å². The monoisotopic (exact) mass is 303 g/mol. The number of fused-ring (bicyclic) bond motifs is 3. The summed E-state index contributed by atoms with van der Waals surface area (Å²) in [5.74, 6) is 0.446. The summed E-state index contributed by atoms with van der Waals surface area (Å²) in [4.78, 5) is 17.6. The average molecular weight is 303 g/mol. The van der Waals surface area contributed by atoms with E-state index in [9.17, 15) is 15.0 Å². The maximum Gasteiger partial charge on any atom is 0.303 e. The predicted molar refractivity (Wildman–Crippen MR) is 79.1 cm³/mol. The second-order valence-electron chi connectivity index (χ2n) is 5.86. The van der Waals surface area contributed by atoms with Crippen LogP contribution < -0.4 is 4.90 Å². The lowest BCUT2D eigenvalue weighted by atomic mass is 10.1. The fourth-order valence-corrected chi connectivity index (χ4v) is 3.27. The van der Waals surface area contributed by atoms with Crippen LogP contribution in [0.1, 0.15) is 30.8 Å². The molecule has 0 saturated carbocycles. The fraction of sp³-hybridized carbons (Fsp3) is 0.467. The number of aromatic nitrogens is 2. The number of carbonyl (C=O) groups excluding carboxylic acids is 1. The van der Waals surface area contributed by atoms with Crippen LogP contribution >= 0.6 is 0 Å². The summed E-state index contributed by atoms with van der Waals surface area (Å²) >= 11 is 0. The van der Waals surface area contributed by atoms with Gasteiger partial charge in [-0.2, -0.15) is 0 Å². The molecule has 1 fully saturated rings. The third kappa shape index (κ3) is 1.68. The summed E-state index contributed by atoms with van der Waals surface area (Å²) in [6, 6.07) is 0. The van der Waals surface area contributed by atoms with Gasteiger partial charge in [0.15, 0.2) is 17.7 Å². The van der Waals surface area contributed by atoms with Gasteiger partial charge in [-0.15, -0.1) is 0 Å². The number of imidazole rings is 1. The minimum Gasteiger partial charge on any atom is -0.505 e. The van der Waals surface area contributed by atoms with E-state index in [2.05, 4.69) is 4.98 Å². The molecule has 0 aliphatic carbocycles. The Hall–Kier alpha value is -2.44. The van der Waals surface area contributed by atoms with E-state index < -0.39 is 6.10 Å². The van der Waals surface area contributed by atoms with E-state index in [0.717, 1.165) is 13.1 Å². The summed E-state index contributed by atoms with van der Waals surface area (Å²) in [7, 11) is 0. The molecule has 1 saturated heterocycles. The summed E-state index contributed by atoms with van der Waals surface area (Å²) in [6.07, 6.45) is 0.207. The highest BCUT2D eigenvalue weighted by molar-refractivity contribution is 5.96. The highest BCUT2D eigenvalue weighted by Crippen LogP contribution is 2.48. The average Bonchev–Trinajstić information content (AvgIpc) is 3.09. The maximum atomic E-state index is 11.2. The van der Waals surface area contributed by atoms with Gasteiger partial charge in [0.1, 0.15) is 16.8 Å². The molecular formula is C15H17N3O4. The Bertz CT molecular complexity index is 807. The first kappa shape index (κ1) is 13.2. The van der Waals surface area contributed by atoms with Crippen LogP contribution in [0.3, 0.4) is 0 Å². The molecule has 1 unspecified atom stereocenters. The standard InChI is InChI=1S/C15H17N3O4/c1-7-11(17-5-6-17)14(21)10-12(13(7)20)18-4-3-9(15(18)16-10)22-8(2)19/h9,20-21H,3-6H2,1-2H3. The topological polar surface area (TPSA) is 87.6 Å². The van der Waals surface area contributed by atoms with E-state index in [4.69, 9.17) is 4.74 Å². The first-order valence-electron chi connectivity index (χ1n) is 7.35. The van der Waals surface area contributed by atoms with Gasteiger partial charge in [0, 0.05) is 38.5 Å². The number of ether oxygens (including phenoxy) is 1. The van der Waals surface area contributed by atoms with E-state index in [-0.39, 0.29) is 17.5 Å². The molecule has 116 valence electrons. The molecule has 7 nitrogen and oxygen atoms in total. The van der Waals surface area contributed by atoms with Crippen molar-refractivity contribution in [3.63, 3.8) is 0 Å². The van der Waals surface area contributed by atoms with Gasteiger partial charge in [0.05, 0.1) is 5.69 Å². The minimum atomic E-state index is -0.423. The number of hydrogen-bond donors (Lipinski definition) is 2. The van der Waals surface area contributed by atoms with Crippen LogP contribution in [0, 0.1) is 6.92 Å². The first-order valence-corrected chi connectivity index (χ1v) is 7.35. The van der Waals surface area contributed by atoms with Crippen LogP contribution in [0.15, 0.2) is 0 Å². The molecule has 3 heterocycles. The SMILES string of the molecule is CC(=O)OC1CCn2c1nc1c(O)c(N3CC3)c(C)c(O)c12. The molecule has 2 aliphatic heterocycles. The van der Waals surface area contributed by atoms with Gasteiger partial charge >= 0.3 is 5.97 Å². The number of esters is 1. The molecule has 2 aromatic rings. The van der Waals surface area contributed by atoms with Gasteiger partial charge < -0.3 is 24.4 Å². The zero-order chi connectivity index (χ0) is 15.6. The van der Waals surface area contributed by atoms with Crippen LogP contribution in [0.2, 0.25) is 0 Å². The molecule has 0 radical (unpaired) electrons. The van der Waals surface area contributed by atoms with E-state index in [1.807, 2.05) is 9.47 Å². The molecule has 22 heavy (non-hydrogen) atoms. The van der Waals surface area contributed by atoms with Crippen molar-refractivity contribution < 1.29 is 19.7 Å². The zero-order valence-corrected chi connectivity index (χ0v) is 12.5. The number of benzene rings is 1. The van der Waals surface area contributed by atoms with Crippen LogP contribution in [-0.2, 0) is 16.1 Å². The Kier molecular flexibility index (Phi) is 2.58. The summed E-state index contributed by atoms with van der Waals surface area (Å²) in [5.41, 5.74) is 2.19. The predicted octanol–water partition coefficient (Wildman–Crippen LogP) is 1.58. The number of nitrogens with zero attached hydrogens (tertiary/aromatic N) is 3. The summed E-state index contributed by atoms with van der Waals surface area (Å²) in [5, 5.41) is 21.1. The molecule has 0 spiro atoms. The lowest BCUT2D eigenvalue weighted by molar-refractivity contribution is -0.146. The zero-order valence-electron chi connectivity index (χ0n) is 12.5. The van der Waals surface area contributed by atoms with Crippen molar-refractivity contribution in [1.82, 2.24) is 9.55 Å². The van der Waals surface area contributed by atoms with Crippen LogP contribution in [0.4, 0.5) is 5.69 Å². The molecule has 1 atom stereocenters. The number of carbonyl (C=O) groups is 1. The third-order valence-electron chi connectivity index (χ3n) is 4.35. The van der Waals surface area contributed by atoms with E-state index >= 15 is 0 Å². The van der Waals surface area contributed by atoms with Crippen molar-refractivity contribution in [2.24, 2.45) is 0 Å². The summed E-state index contributed by atoms with van der Waals surface area (Å²) in [6.45, 7) is 5.48. The summed E-state index contributed by atoms with van der Waals surface area (Å²) < 4.78 is 7.10. The Morgan fingerprint density at radius 3 is 2.64 bits per heavy atom. The number of phenols is 2. The first-order chi connectivity index (χ1) is 10.5. The van der Waals surface area contributed by atoms with Gasteiger partial charge in [0.25, 0.3) is 0 Å². The van der Waals surface area contributed by atoms with Crippen molar-refractivity contribution in [2.45, 2.75) is 32.9 Å². The van der Waals surface area contributed by atoms with Crippen LogP contribution in [0.5, 0.6) is 11.5 Å². The van der Waals surface area contributed by atoms with E-state index in [0.29, 0.717) is 41.1 Å². The number of aryl methyl sites for hydroxylation is 1. The van der Waals surface area contributed by atoms with Gasteiger partial charge in [0.2, 0.25) is 0 Å². The Morgan fingerprint density at radius 1 is 1.27 bits per heavy atom. The van der Waals surface area contributed by atoms with Crippen LogP contribution in [-0.4, -0.2) is 38.8 Å². The number of hydrogen-bond acceptors (Lipinski definition) is 6. The Morgan fingerprint density at radius 2 is 2.00 bits per heavy atom. The highest BCUT2D eigenvalue weighted by atomic mass is 16.5. The highest BCUT2D eigenvalue weighted by Gasteiger charge is 2.34. The van der Waals surface area contributed by atoms with Crippen molar-refractivity contribution >= 4 is 22.7 Å². The van der Waals surface area contributed by atoms with Gasteiger partial charge in [-0.25, -0.2) is 4.98 Å². The number of aromatic hydroxyl groups is 2. The smallest absolute Gasteiger partial charge is 0.303 e. The quantitative estimate of drug-likeness (QED) is 0.497. The lowest BCUT2D eigenvalue weighted by Gasteiger charge is -2.13. The second kappa shape index (κ2) is 4.28.